The molecule has 0 aliphatic carbocycles. The van der Waals surface area contributed by atoms with Gasteiger partial charge in [-0.2, -0.15) is 0 Å². The summed E-state index contributed by atoms with van der Waals surface area (Å²) < 4.78 is 21.7. The van der Waals surface area contributed by atoms with Crippen LogP contribution in [0.2, 0.25) is 5.15 Å². The van der Waals surface area contributed by atoms with E-state index in [1.165, 1.54) is 12.0 Å². The van der Waals surface area contributed by atoms with Crippen LogP contribution in [-0.2, 0) is 14.3 Å². The summed E-state index contributed by atoms with van der Waals surface area (Å²) in [5, 5.41) is 1.81. The van der Waals surface area contributed by atoms with Crippen LogP contribution in [0.25, 0.3) is 10.8 Å². The van der Waals surface area contributed by atoms with Crippen molar-refractivity contribution in [2.75, 3.05) is 20.8 Å². The first-order valence-corrected chi connectivity index (χ1v) is 9.87. The van der Waals surface area contributed by atoms with Crippen molar-refractivity contribution in [2.45, 2.75) is 44.9 Å². The lowest BCUT2D eigenvalue weighted by Crippen LogP contribution is -2.44. The van der Waals surface area contributed by atoms with Crippen molar-refractivity contribution in [1.82, 2.24) is 9.88 Å². The molecule has 0 spiro atoms. The standard InChI is InChI=1S/C21H25ClN2O6/c1-21(2,3)30-20(26)24-11-13(9-16(24)19(25)28-5)29-12-6-7-14-15(8-12)18(22)23-10-17(14)27-4/h6-8,10,13,16H,9,11H2,1-5H3/t13-,16+/m1/s1. The zero-order valence-corrected chi connectivity index (χ0v) is 18.4. The topological polar surface area (TPSA) is 87.2 Å². The van der Waals surface area contributed by atoms with E-state index in [0.717, 1.165) is 5.39 Å². The molecule has 1 fully saturated rings. The molecule has 0 bridgehead atoms. The molecule has 2 aromatic rings. The largest absolute Gasteiger partial charge is 0.494 e. The molecule has 0 radical (unpaired) electrons. The van der Waals surface area contributed by atoms with Crippen molar-refractivity contribution >= 4 is 34.4 Å². The van der Waals surface area contributed by atoms with Crippen molar-refractivity contribution in [3.05, 3.63) is 29.5 Å². The monoisotopic (exact) mass is 436 g/mol. The van der Waals surface area contributed by atoms with E-state index in [1.54, 1.807) is 46.2 Å². The van der Waals surface area contributed by atoms with Gasteiger partial charge in [-0.15, -0.1) is 0 Å². The summed E-state index contributed by atoms with van der Waals surface area (Å²) in [4.78, 5) is 30.3. The fourth-order valence-electron chi connectivity index (χ4n) is 3.36. The second-order valence-corrected chi connectivity index (χ2v) is 8.33. The zero-order chi connectivity index (χ0) is 22.1. The molecule has 2 heterocycles. The molecule has 1 saturated heterocycles. The maximum absolute atomic E-state index is 12.6. The molecule has 0 saturated carbocycles. The third-order valence-corrected chi connectivity index (χ3v) is 4.96. The summed E-state index contributed by atoms with van der Waals surface area (Å²) in [7, 11) is 2.85. The minimum atomic E-state index is -0.777. The number of pyridine rings is 1. The average Bonchev–Trinajstić information content (AvgIpc) is 3.11. The molecule has 1 aliphatic rings. The Morgan fingerprint density at radius 1 is 1.20 bits per heavy atom. The SMILES string of the molecule is COC(=O)[C@@H]1C[C@@H](Oc2ccc3c(OC)cnc(Cl)c3c2)CN1C(=O)OC(C)(C)C. The Morgan fingerprint density at radius 3 is 2.57 bits per heavy atom. The molecule has 1 amide bonds. The van der Waals surface area contributed by atoms with Crippen molar-refractivity contribution in [1.29, 1.82) is 0 Å². The van der Waals surface area contributed by atoms with Gasteiger partial charge in [-0.05, 0) is 39.0 Å². The number of aromatic nitrogens is 1. The predicted molar refractivity (Wildman–Crippen MR) is 111 cm³/mol. The molecule has 0 N–H and O–H groups in total. The zero-order valence-electron chi connectivity index (χ0n) is 17.6. The highest BCUT2D eigenvalue weighted by Gasteiger charge is 2.43. The van der Waals surface area contributed by atoms with E-state index in [1.807, 2.05) is 6.07 Å². The van der Waals surface area contributed by atoms with Gasteiger partial charge in [-0.3, -0.25) is 4.90 Å². The minimum Gasteiger partial charge on any atom is -0.494 e. The second kappa shape index (κ2) is 8.55. The highest BCUT2D eigenvalue weighted by molar-refractivity contribution is 6.34. The number of carbonyl (C=O) groups excluding carboxylic acids is 2. The average molecular weight is 437 g/mol. The minimum absolute atomic E-state index is 0.191. The van der Waals surface area contributed by atoms with Crippen LogP contribution >= 0.6 is 11.6 Å². The van der Waals surface area contributed by atoms with Crippen LogP contribution in [-0.4, -0.2) is 60.5 Å². The lowest BCUT2D eigenvalue weighted by Gasteiger charge is -2.27. The number of halogens is 1. The van der Waals surface area contributed by atoms with Crippen molar-refractivity contribution < 1.29 is 28.5 Å². The summed E-state index contributed by atoms with van der Waals surface area (Å²) in [6, 6.07) is 4.59. The van der Waals surface area contributed by atoms with Gasteiger partial charge in [0.2, 0.25) is 0 Å². The Morgan fingerprint density at radius 2 is 1.93 bits per heavy atom. The van der Waals surface area contributed by atoms with Crippen LogP contribution in [0.15, 0.2) is 24.4 Å². The Kier molecular flexibility index (Phi) is 6.26. The van der Waals surface area contributed by atoms with E-state index < -0.39 is 29.8 Å². The molecule has 2 atom stereocenters. The van der Waals surface area contributed by atoms with Gasteiger partial charge < -0.3 is 18.9 Å². The summed E-state index contributed by atoms with van der Waals surface area (Å²) in [5.74, 6) is 0.630. The van der Waals surface area contributed by atoms with Gasteiger partial charge in [0.1, 0.15) is 34.4 Å². The van der Waals surface area contributed by atoms with E-state index in [9.17, 15) is 9.59 Å². The van der Waals surface area contributed by atoms with E-state index in [-0.39, 0.29) is 13.0 Å². The summed E-state index contributed by atoms with van der Waals surface area (Å²) in [5.41, 5.74) is -0.683. The van der Waals surface area contributed by atoms with Crippen LogP contribution < -0.4 is 9.47 Å². The van der Waals surface area contributed by atoms with E-state index in [0.29, 0.717) is 22.0 Å². The van der Waals surface area contributed by atoms with Gasteiger partial charge >= 0.3 is 12.1 Å². The summed E-state index contributed by atoms with van der Waals surface area (Å²) >= 11 is 6.23. The number of nitrogens with zero attached hydrogens (tertiary/aromatic N) is 2. The maximum atomic E-state index is 12.6. The molecule has 1 aromatic heterocycles. The van der Waals surface area contributed by atoms with Crippen LogP contribution in [0.4, 0.5) is 4.79 Å². The Bertz CT molecular complexity index is 958. The Labute approximate surface area is 180 Å². The van der Waals surface area contributed by atoms with Crippen LogP contribution in [0.1, 0.15) is 27.2 Å². The van der Waals surface area contributed by atoms with Crippen molar-refractivity contribution in [3.63, 3.8) is 0 Å². The number of amides is 1. The van der Waals surface area contributed by atoms with E-state index in [2.05, 4.69) is 4.98 Å². The number of hydrogen-bond acceptors (Lipinski definition) is 7. The number of likely N-dealkylation sites (tertiary alicyclic amines) is 1. The molecule has 0 unspecified atom stereocenters. The van der Waals surface area contributed by atoms with Crippen molar-refractivity contribution in [3.8, 4) is 11.5 Å². The van der Waals surface area contributed by atoms with Gasteiger partial charge in [0.05, 0.1) is 27.0 Å². The molecular weight excluding hydrogens is 412 g/mol. The number of esters is 1. The van der Waals surface area contributed by atoms with Crippen molar-refractivity contribution in [2.24, 2.45) is 0 Å². The van der Waals surface area contributed by atoms with Crippen LogP contribution in [0.3, 0.4) is 0 Å². The first-order valence-electron chi connectivity index (χ1n) is 9.49. The molecule has 1 aliphatic heterocycles. The Balaban J connectivity index is 1.82. The molecule has 8 nitrogen and oxygen atoms in total. The number of benzene rings is 1. The summed E-state index contributed by atoms with van der Waals surface area (Å²) in [6.45, 7) is 5.49. The molecular formula is C21H25ClN2O6. The number of ether oxygens (including phenoxy) is 4. The van der Waals surface area contributed by atoms with Crippen LogP contribution in [0.5, 0.6) is 11.5 Å². The normalized spacial score (nSPS) is 18.9. The number of carbonyl (C=O) groups is 2. The summed E-state index contributed by atoms with van der Waals surface area (Å²) in [6.07, 6.45) is 0.839. The highest BCUT2D eigenvalue weighted by Crippen LogP contribution is 2.33. The fraction of sp³-hybridized carbons (Fsp3) is 0.476. The number of fused-ring (bicyclic) bond motifs is 1. The molecule has 162 valence electrons. The molecule has 9 heteroatoms. The predicted octanol–water partition coefficient (Wildman–Crippen LogP) is 3.83. The lowest BCUT2D eigenvalue weighted by molar-refractivity contribution is -0.145. The third kappa shape index (κ3) is 4.70. The third-order valence-electron chi connectivity index (χ3n) is 4.66. The van der Waals surface area contributed by atoms with Gasteiger partial charge in [-0.1, -0.05) is 11.6 Å². The molecule has 3 rings (SSSR count). The van der Waals surface area contributed by atoms with Gasteiger partial charge in [0.25, 0.3) is 0 Å². The van der Waals surface area contributed by atoms with Gasteiger partial charge in [0.15, 0.2) is 0 Å². The second-order valence-electron chi connectivity index (χ2n) is 7.97. The van der Waals surface area contributed by atoms with E-state index >= 15 is 0 Å². The maximum Gasteiger partial charge on any atom is 0.411 e. The van der Waals surface area contributed by atoms with Gasteiger partial charge in [0, 0.05) is 17.2 Å². The first-order chi connectivity index (χ1) is 14.1. The van der Waals surface area contributed by atoms with Crippen LogP contribution in [0, 0.1) is 0 Å². The lowest BCUT2D eigenvalue weighted by atomic mass is 10.1. The smallest absolute Gasteiger partial charge is 0.411 e. The number of rotatable bonds is 4. The molecule has 1 aromatic carbocycles. The Hall–Kier alpha value is -2.74. The van der Waals surface area contributed by atoms with E-state index in [4.69, 9.17) is 30.5 Å². The fourth-order valence-corrected chi connectivity index (χ4v) is 3.56. The van der Waals surface area contributed by atoms with Gasteiger partial charge in [-0.25, -0.2) is 14.6 Å². The number of methoxy groups -OCH3 is 2. The first kappa shape index (κ1) is 22.0. The quantitative estimate of drug-likeness (QED) is 0.531. The molecule has 30 heavy (non-hydrogen) atoms. The highest BCUT2D eigenvalue weighted by atomic mass is 35.5. The number of hydrogen-bond donors (Lipinski definition) is 0.